The number of rotatable bonds is 7. The molecule has 21 heavy (non-hydrogen) atoms. The van der Waals surface area contributed by atoms with Crippen LogP contribution in [0, 0.1) is 18.3 Å². The van der Waals surface area contributed by atoms with Gasteiger partial charge in [-0.3, -0.25) is 0 Å². The summed E-state index contributed by atoms with van der Waals surface area (Å²) in [6.45, 7) is 2.84. The number of nitriles is 1. The molecule has 108 valence electrons. The molecule has 0 aliphatic carbocycles. The smallest absolute Gasteiger partial charge is 0.119 e. The van der Waals surface area contributed by atoms with E-state index in [2.05, 4.69) is 37.3 Å². The minimum absolute atomic E-state index is 0.663. The maximum absolute atomic E-state index is 8.72. The van der Waals surface area contributed by atoms with E-state index in [1.807, 2.05) is 23.9 Å². The molecule has 0 saturated heterocycles. The first-order valence-corrected chi connectivity index (χ1v) is 8.19. The highest BCUT2D eigenvalue weighted by Crippen LogP contribution is 2.15. The van der Waals surface area contributed by atoms with E-state index in [0.29, 0.717) is 12.2 Å². The number of hydrogen-bond donors (Lipinski definition) is 0. The van der Waals surface area contributed by atoms with Gasteiger partial charge < -0.3 is 4.74 Å². The summed E-state index contributed by atoms with van der Waals surface area (Å²) in [7, 11) is 0. The molecule has 2 aromatic rings. The van der Waals surface area contributed by atoms with Gasteiger partial charge in [0.05, 0.1) is 18.2 Å². The molecule has 0 bridgehead atoms. The Morgan fingerprint density at radius 2 is 1.95 bits per heavy atom. The van der Waals surface area contributed by atoms with E-state index >= 15 is 0 Å². The van der Waals surface area contributed by atoms with Crippen molar-refractivity contribution in [3.8, 4) is 11.8 Å². The second-order valence-electron chi connectivity index (χ2n) is 4.88. The van der Waals surface area contributed by atoms with Crippen LogP contribution in [0.1, 0.15) is 23.1 Å². The molecule has 2 rings (SSSR count). The number of ether oxygens (including phenoxy) is 1. The molecule has 2 aromatic carbocycles. The highest BCUT2D eigenvalue weighted by atomic mass is 32.2. The number of benzene rings is 2. The first-order chi connectivity index (χ1) is 10.3. The summed E-state index contributed by atoms with van der Waals surface area (Å²) < 4.78 is 5.65. The van der Waals surface area contributed by atoms with Gasteiger partial charge >= 0.3 is 0 Å². The maximum Gasteiger partial charge on any atom is 0.119 e. The minimum Gasteiger partial charge on any atom is -0.494 e. The Labute approximate surface area is 130 Å². The molecule has 0 atom stereocenters. The Hall–Kier alpha value is -1.92. The zero-order valence-electron chi connectivity index (χ0n) is 12.2. The van der Waals surface area contributed by atoms with Crippen LogP contribution in [0.3, 0.4) is 0 Å². The summed E-state index contributed by atoms with van der Waals surface area (Å²) in [5.41, 5.74) is 3.36. The van der Waals surface area contributed by atoms with Crippen molar-refractivity contribution in [1.29, 1.82) is 5.26 Å². The monoisotopic (exact) mass is 297 g/mol. The SMILES string of the molecule is Cc1cccc(CSCCCOc2ccc(C#N)cc2)c1. The molecule has 0 spiro atoms. The molecule has 3 heteroatoms. The molecule has 0 saturated carbocycles. The largest absolute Gasteiger partial charge is 0.494 e. The van der Waals surface area contributed by atoms with Crippen LogP contribution < -0.4 is 4.74 Å². The number of hydrogen-bond acceptors (Lipinski definition) is 3. The first-order valence-electron chi connectivity index (χ1n) is 7.04. The van der Waals surface area contributed by atoms with Gasteiger partial charge in [-0.1, -0.05) is 29.8 Å². The molecule has 2 nitrogen and oxygen atoms in total. The van der Waals surface area contributed by atoms with E-state index in [-0.39, 0.29) is 0 Å². The summed E-state index contributed by atoms with van der Waals surface area (Å²) in [4.78, 5) is 0. The van der Waals surface area contributed by atoms with Gasteiger partial charge in [0.25, 0.3) is 0 Å². The summed E-state index contributed by atoms with van der Waals surface area (Å²) in [6.07, 6.45) is 1.02. The standard InChI is InChI=1S/C18H19NOS/c1-15-4-2-5-17(12-15)14-21-11-3-10-20-18-8-6-16(13-19)7-9-18/h2,4-9,12H,3,10-11,14H2,1H3. The van der Waals surface area contributed by atoms with E-state index in [4.69, 9.17) is 10.00 Å². The third-order valence-electron chi connectivity index (χ3n) is 3.04. The molecule has 0 unspecified atom stereocenters. The molecule has 0 fully saturated rings. The van der Waals surface area contributed by atoms with E-state index in [1.165, 1.54) is 11.1 Å². The van der Waals surface area contributed by atoms with Gasteiger partial charge in [-0.2, -0.15) is 17.0 Å². The highest BCUT2D eigenvalue weighted by molar-refractivity contribution is 7.98. The van der Waals surface area contributed by atoms with Crippen molar-refractivity contribution >= 4 is 11.8 Å². The van der Waals surface area contributed by atoms with Crippen molar-refractivity contribution in [1.82, 2.24) is 0 Å². The lowest BCUT2D eigenvalue weighted by atomic mass is 10.2. The fourth-order valence-electron chi connectivity index (χ4n) is 1.97. The minimum atomic E-state index is 0.663. The van der Waals surface area contributed by atoms with Crippen molar-refractivity contribution in [2.24, 2.45) is 0 Å². The lowest BCUT2D eigenvalue weighted by Crippen LogP contribution is -1.98. The van der Waals surface area contributed by atoms with Crippen LogP contribution >= 0.6 is 11.8 Å². The van der Waals surface area contributed by atoms with Gasteiger partial charge in [-0.25, -0.2) is 0 Å². The average molecular weight is 297 g/mol. The summed E-state index contributed by atoms with van der Waals surface area (Å²) in [6, 6.07) is 18.0. The Morgan fingerprint density at radius 3 is 2.67 bits per heavy atom. The van der Waals surface area contributed by atoms with Gasteiger partial charge in [0.1, 0.15) is 5.75 Å². The predicted molar refractivity (Wildman–Crippen MR) is 88.6 cm³/mol. The van der Waals surface area contributed by atoms with E-state index in [1.54, 1.807) is 12.1 Å². The number of nitrogens with zero attached hydrogens (tertiary/aromatic N) is 1. The number of thioether (sulfide) groups is 1. The van der Waals surface area contributed by atoms with Gasteiger partial charge in [0.15, 0.2) is 0 Å². The Balaban J connectivity index is 1.60. The van der Waals surface area contributed by atoms with E-state index in [0.717, 1.165) is 23.7 Å². The van der Waals surface area contributed by atoms with E-state index in [9.17, 15) is 0 Å². The summed E-state index contributed by atoms with van der Waals surface area (Å²) >= 11 is 1.93. The predicted octanol–water partition coefficient (Wildman–Crippen LogP) is 4.57. The van der Waals surface area contributed by atoms with E-state index < -0.39 is 0 Å². The third-order valence-corrected chi connectivity index (χ3v) is 4.15. The zero-order chi connectivity index (χ0) is 14.9. The second kappa shape index (κ2) is 8.39. The third kappa shape index (κ3) is 5.53. The highest BCUT2D eigenvalue weighted by Gasteiger charge is 1.97. The Morgan fingerprint density at radius 1 is 1.14 bits per heavy atom. The fraction of sp³-hybridized carbons (Fsp3) is 0.278. The molecule has 0 aliphatic heterocycles. The quantitative estimate of drug-likeness (QED) is 0.702. The molecular formula is C18H19NOS. The zero-order valence-corrected chi connectivity index (χ0v) is 13.0. The number of aryl methyl sites for hydroxylation is 1. The lowest BCUT2D eigenvalue weighted by Gasteiger charge is -2.06. The second-order valence-corrected chi connectivity index (χ2v) is 5.99. The molecule has 0 heterocycles. The maximum atomic E-state index is 8.72. The van der Waals surface area contributed by atoms with Crippen LogP contribution in [0.4, 0.5) is 0 Å². The van der Waals surface area contributed by atoms with Crippen LogP contribution in [-0.4, -0.2) is 12.4 Å². The van der Waals surface area contributed by atoms with Gasteiger partial charge in [-0.05, 0) is 48.9 Å². The first kappa shape index (κ1) is 15.5. The lowest BCUT2D eigenvalue weighted by molar-refractivity contribution is 0.318. The molecule has 0 N–H and O–H groups in total. The van der Waals surface area contributed by atoms with Crippen molar-refractivity contribution in [2.75, 3.05) is 12.4 Å². The topological polar surface area (TPSA) is 33.0 Å². The van der Waals surface area contributed by atoms with Crippen molar-refractivity contribution < 1.29 is 4.74 Å². The van der Waals surface area contributed by atoms with Crippen molar-refractivity contribution in [3.63, 3.8) is 0 Å². The molecular weight excluding hydrogens is 278 g/mol. The van der Waals surface area contributed by atoms with Gasteiger partial charge in [0, 0.05) is 5.75 Å². The van der Waals surface area contributed by atoms with Crippen LogP contribution in [0.25, 0.3) is 0 Å². The van der Waals surface area contributed by atoms with Gasteiger partial charge in [-0.15, -0.1) is 0 Å². The van der Waals surface area contributed by atoms with Gasteiger partial charge in [0.2, 0.25) is 0 Å². The van der Waals surface area contributed by atoms with Crippen molar-refractivity contribution in [3.05, 3.63) is 65.2 Å². The molecule has 0 amide bonds. The molecule has 0 radical (unpaired) electrons. The molecule has 0 aliphatic rings. The fourth-order valence-corrected chi connectivity index (χ4v) is 2.85. The Kier molecular flexibility index (Phi) is 6.18. The normalized spacial score (nSPS) is 10.1. The Bertz CT molecular complexity index is 601. The molecule has 0 aromatic heterocycles. The van der Waals surface area contributed by atoms with Crippen LogP contribution in [0.15, 0.2) is 48.5 Å². The van der Waals surface area contributed by atoms with Crippen LogP contribution in [0.2, 0.25) is 0 Å². The average Bonchev–Trinajstić information content (AvgIpc) is 2.51. The van der Waals surface area contributed by atoms with Crippen molar-refractivity contribution in [2.45, 2.75) is 19.1 Å². The summed E-state index contributed by atoms with van der Waals surface area (Å²) in [5, 5.41) is 8.72. The van der Waals surface area contributed by atoms with Crippen LogP contribution in [-0.2, 0) is 5.75 Å². The van der Waals surface area contributed by atoms with Crippen LogP contribution in [0.5, 0.6) is 5.75 Å². The summed E-state index contributed by atoms with van der Waals surface area (Å²) in [5.74, 6) is 2.97.